The Morgan fingerprint density at radius 2 is 2.17 bits per heavy atom. The van der Waals surface area contributed by atoms with E-state index in [0.29, 0.717) is 11.3 Å². The Morgan fingerprint density at radius 3 is 2.83 bits per heavy atom. The van der Waals surface area contributed by atoms with Crippen LogP contribution in [-0.4, -0.2) is 45.1 Å². The molecule has 0 aromatic heterocycles. The van der Waals surface area contributed by atoms with Crippen LogP contribution < -0.4 is 5.32 Å². The van der Waals surface area contributed by atoms with E-state index < -0.39 is 11.4 Å². The number of aromatic nitrogens is 2. The van der Waals surface area contributed by atoms with Crippen LogP contribution in [0.15, 0.2) is 23.0 Å². The SMILES string of the molecule is CC(CO)(CO)NC(=O)c1nnc2ccocc1-2. The first-order chi connectivity index (χ1) is 8.59. The van der Waals surface area contributed by atoms with Crippen molar-refractivity contribution in [2.24, 2.45) is 0 Å². The van der Waals surface area contributed by atoms with Gasteiger partial charge in [0.2, 0.25) is 0 Å². The highest BCUT2D eigenvalue weighted by atomic mass is 16.3. The van der Waals surface area contributed by atoms with Crippen LogP contribution in [0.25, 0.3) is 11.3 Å². The van der Waals surface area contributed by atoms with Crippen molar-refractivity contribution in [2.75, 3.05) is 13.2 Å². The van der Waals surface area contributed by atoms with E-state index in [1.54, 1.807) is 6.07 Å². The summed E-state index contributed by atoms with van der Waals surface area (Å²) < 4.78 is 4.96. The zero-order valence-corrected chi connectivity index (χ0v) is 9.75. The number of aliphatic hydroxyl groups excluding tert-OH is 2. The molecule has 0 saturated carbocycles. The molecular formula is C11H13N3O4. The second-order valence-electron chi connectivity index (χ2n) is 4.24. The molecule has 0 radical (unpaired) electrons. The minimum atomic E-state index is -1.10. The van der Waals surface area contributed by atoms with Crippen molar-refractivity contribution >= 4 is 5.91 Å². The van der Waals surface area contributed by atoms with Gasteiger partial charge in [0.05, 0.1) is 30.6 Å². The Kier molecular flexibility index (Phi) is 3.26. The van der Waals surface area contributed by atoms with Gasteiger partial charge in [-0.1, -0.05) is 0 Å². The molecule has 2 aliphatic heterocycles. The zero-order valence-electron chi connectivity index (χ0n) is 9.75. The molecule has 3 N–H and O–H groups in total. The van der Waals surface area contributed by atoms with Crippen LogP contribution in [-0.2, 0) is 0 Å². The van der Waals surface area contributed by atoms with Gasteiger partial charge in [0.1, 0.15) is 12.0 Å². The highest BCUT2D eigenvalue weighted by Crippen LogP contribution is 2.22. The Bertz CT molecular complexity index is 521. The van der Waals surface area contributed by atoms with Crippen molar-refractivity contribution in [3.8, 4) is 11.3 Å². The summed E-state index contributed by atoms with van der Waals surface area (Å²) in [6.07, 6.45) is 2.81. The van der Waals surface area contributed by atoms with Gasteiger partial charge in [-0.25, -0.2) is 0 Å². The molecule has 0 fully saturated rings. The maximum atomic E-state index is 12.0. The van der Waals surface area contributed by atoms with Crippen molar-refractivity contribution in [1.82, 2.24) is 15.5 Å². The van der Waals surface area contributed by atoms with Gasteiger partial charge >= 0.3 is 0 Å². The van der Waals surface area contributed by atoms with Gasteiger partial charge in [0.25, 0.3) is 5.91 Å². The van der Waals surface area contributed by atoms with Crippen LogP contribution in [0.3, 0.4) is 0 Å². The third-order valence-electron chi connectivity index (χ3n) is 2.61. The molecular weight excluding hydrogens is 238 g/mol. The number of aliphatic hydroxyl groups is 2. The van der Waals surface area contributed by atoms with Gasteiger partial charge in [-0.15, -0.1) is 10.2 Å². The van der Waals surface area contributed by atoms with Crippen molar-refractivity contribution in [3.63, 3.8) is 0 Å². The number of nitrogens with zero attached hydrogens (tertiary/aromatic N) is 2. The maximum Gasteiger partial charge on any atom is 0.273 e. The molecule has 1 amide bonds. The smallest absolute Gasteiger partial charge is 0.273 e. The Morgan fingerprint density at radius 1 is 1.44 bits per heavy atom. The van der Waals surface area contributed by atoms with Crippen LogP contribution in [0.2, 0.25) is 0 Å². The summed E-state index contributed by atoms with van der Waals surface area (Å²) in [6.45, 7) is 0.755. The number of rotatable bonds is 4. The molecule has 2 aliphatic rings. The molecule has 2 rings (SSSR count). The molecule has 0 saturated heterocycles. The highest BCUT2D eigenvalue weighted by Gasteiger charge is 2.28. The second kappa shape index (κ2) is 4.71. The first kappa shape index (κ1) is 12.5. The van der Waals surface area contributed by atoms with Crippen LogP contribution in [0.1, 0.15) is 17.4 Å². The van der Waals surface area contributed by atoms with E-state index in [0.717, 1.165) is 0 Å². The van der Waals surface area contributed by atoms with E-state index in [9.17, 15) is 4.79 Å². The predicted molar refractivity (Wildman–Crippen MR) is 61.0 cm³/mol. The first-order valence-corrected chi connectivity index (χ1v) is 5.32. The number of carbonyl (C=O) groups is 1. The fourth-order valence-electron chi connectivity index (χ4n) is 1.41. The lowest BCUT2D eigenvalue weighted by molar-refractivity contribution is 0.0720. The molecule has 7 heteroatoms. The average molecular weight is 251 g/mol. The molecule has 96 valence electrons. The van der Waals surface area contributed by atoms with E-state index in [4.69, 9.17) is 14.6 Å². The normalized spacial score (nSPS) is 11.7. The third kappa shape index (κ3) is 2.18. The first-order valence-electron chi connectivity index (χ1n) is 5.32. The lowest BCUT2D eigenvalue weighted by Crippen LogP contribution is -2.51. The average Bonchev–Trinajstić information content (AvgIpc) is 2.82. The van der Waals surface area contributed by atoms with Crippen LogP contribution in [0.5, 0.6) is 0 Å². The predicted octanol–water partition coefficient (Wildman–Crippen LogP) is -0.353. The van der Waals surface area contributed by atoms with E-state index in [1.807, 2.05) is 0 Å². The largest absolute Gasteiger partial charge is 0.472 e. The monoisotopic (exact) mass is 251 g/mol. The third-order valence-corrected chi connectivity index (χ3v) is 2.61. The van der Waals surface area contributed by atoms with Crippen LogP contribution >= 0.6 is 0 Å². The van der Waals surface area contributed by atoms with Crippen molar-refractivity contribution in [1.29, 1.82) is 0 Å². The number of fused-ring (bicyclic) bond motifs is 1. The highest BCUT2D eigenvalue weighted by molar-refractivity contribution is 5.99. The Labute approximate surface area is 103 Å². The summed E-state index contributed by atoms with van der Waals surface area (Å²) in [6, 6.07) is 1.59. The topological polar surface area (TPSA) is 108 Å². The molecule has 0 aromatic carbocycles. The quantitative estimate of drug-likeness (QED) is 0.685. The summed E-state index contributed by atoms with van der Waals surface area (Å²) in [5.74, 6) is -0.524. The Balaban J connectivity index is 2.25. The van der Waals surface area contributed by atoms with E-state index in [1.165, 1.54) is 19.5 Å². The van der Waals surface area contributed by atoms with Crippen molar-refractivity contribution in [3.05, 3.63) is 24.3 Å². The van der Waals surface area contributed by atoms with E-state index in [-0.39, 0.29) is 18.9 Å². The number of nitrogens with one attached hydrogen (secondary N) is 1. The number of hydrogen-bond acceptors (Lipinski definition) is 6. The van der Waals surface area contributed by atoms with Gasteiger partial charge in [-0.05, 0) is 6.92 Å². The summed E-state index contributed by atoms with van der Waals surface area (Å²) in [7, 11) is 0. The molecule has 2 heterocycles. The zero-order chi connectivity index (χ0) is 13.2. The minimum absolute atomic E-state index is 0.0995. The maximum absolute atomic E-state index is 12.0. The summed E-state index contributed by atoms with van der Waals surface area (Å²) >= 11 is 0. The molecule has 0 spiro atoms. The summed E-state index contributed by atoms with van der Waals surface area (Å²) in [5, 5.41) is 28.3. The van der Waals surface area contributed by atoms with Crippen molar-refractivity contribution in [2.45, 2.75) is 12.5 Å². The summed E-state index contributed by atoms with van der Waals surface area (Å²) in [4.78, 5) is 12.0. The van der Waals surface area contributed by atoms with Crippen molar-refractivity contribution < 1.29 is 19.4 Å². The fourth-order valence-corrected chi connectivity index (χ4v) is 1.41. The summed E-state index contributed by atoms with van der Waals surface area (Å²) in [5.41, 5.74) is 0.0191. The van der Waals surface area contributed by atoms with Gasteiger partial charge in [0.15, 0.2) is 5.69 Å². The number of hydrogen-bond donors (Lipinski definition) is 3. The minimum Gasteiger partial charge on any atom is -0.472 e. The Hall–Kier alpha value is -1.99. The van der Waals surface area contributed by atoms with Crippen LogP contribution in [0.4, 0.5) is 0 Å². The standard InChI is InChI=1S/C11H13N3O4/c1-11(5-15,6-16)12-10(17)9-7-4-18-3-2-8(7)13-14-9/h2-4,15-16H,5-6H2,1H3,(H,12,17). The lowest BCUT2D eigenvalue weighted by Gasteiger charge is -2.25. The van der Waals surface area contributed by atoms with Gasteiger partial charge in [-0.3, -0.25) is 4.79 Å². The lowest BCUT2D eigenvalue weighted by atomic mass is 10.0. The van der Waals surface area contributed by atoms with E-state index >= 15 is 0 Å². The van der Waals surface area contributed by atoms with Gasteiger partial charge in [0, 0.05) is 6.07 Å². The number of carbonyl (C=O) groups excluding carboxylic acids is 1. The molecule has 0 atom stereocenters. The molecule has 18 heavy (non-hydrogen) atoms. The van der Waals surface area contributed by atoms with Gasteiger partial charge < -0.3 is 19.9 Å². The molecule has 0 aromatic rings. The van der Waals surface area contributed by atoms with Crippen LogP contribution in [0, 0.1) is 0 Å². The molecule has 0 aliphatic carbocycles. The number of amides is 1. The van der Waals surface area contributed by atoms with E-state index in [2.05, 4.69) is 15.5 Å². The molecule has 0 unspecified atom stereocenters. The van der Waals surface area contributed by atoms with Gasteiger partial charge in [-0.2, -0.15) is 0 Å². The molecule has 7 nitrogen and oxygen atoms in total. The second-order valence-corrected chi connectivity index (χ2v) is 4.24. The fraction of sp³-hybridized carbons (Fsp3) is 0.364. The molecule has 0 bridgehead atoms.